The van der Waals surface area contributed by atoms with E-state index >= 15 is 0 Å². The Hall–Kier alpha value is -0.960. The second kappa shape index (κ2) is 5.94. The van der Waals surface area contributed by atoms with Gasteiger partial charge < -0.3 is 5.32 Å². The normalized spacial score (nSPS) is 25.6. The molecule has 0 unspecified atom stereocenters. The average Bonchev–Trinajstić information content (AvgIpc) is 2.33. The minimum Gasteiger partial charge on any atom is -0.310 e. The highest BCUT2D eigenvalue weighted by Crippen LogP contribution is 2.27. The van der Waals surface area contributed by atoms with Crippen molar-refractivity contribution in [1.82, 2.24) is 15.3 Å². The summed E-state index contributed by atoms with van der Waals surface area (Å²) >= 11 is 0. The van der Waals surface area contributed by atoms with E-state index < -0.39 is 0 Å². The van der Waals surface area contributed by atoms with Crippen LogP contribution in [0.25, 0.3) is 0 Å². The molecule has 3 heteroatoms. The lowest BCUT2D eigenvalue weighted by molar-refractivity contribution is 0.281. The largest absolute Gasteiger partial charge is 0.310 e. The molecule has 3 nitrogen and oxygen atoms in total. The summed E-state index contributed by atoms with van der Waals surface area (Å²) < 4.78 is 0. The number of hydrogen-bond acceptors (Lipinski definition) is 3. The molecule has 0 radical (unpaired) electrons. The third-order valence-electron chi connectivity index (χ3n) is 3.47. The van der Waals surface area contributed by atoms with Gasteiger partial charge in [-0.25, -0.2) is 9.97 Å². The van der Waals surface area contributed by atoms with Gasteiger partial charge in [0.15, 0.2) is 0 Å². The Labute approximate surface area is 97.7 Å². The lowest BCUT2D eigenvalue weighted by Gasteiger charge is -2.26. The van der Waals surface area contributed by atoms with E-state index in [0.29, 0.717) is 0 Å². The summed E-state index contributed by atoms with van der Waals surface area (Å²) in [5, 5.41) is 3.46. The molecule has 0 spiro atoms. The number of nitrogens with one attached hydrogen (secondary N) is 1. The van der Waals surface area contributed by atoms with Gasteiger partial charge in [-0.05, 0) is 37.3 Å². The SMILES string of the molecule is CC1CCC(CNCc2ncccn2)CC1. The van der Waals surface area contributed by atoms with Crippen molar-refractivity contribution in [1.29, 1.82) is 0 Å². The molecule has 0 saturated heterocycles. The van der Waals surface area contributed by atoms with E-state index in [-0.39, 0.29) is 0 Å². The van der Waals surface area contributed by atoms with Crippen LogP contribution in [-0.4, -0.2) is 16.5 Å². The maximum Gasteiger partial charge on any atom is 0.141 e. The third kappa shape index (κ3) is 3.56. The highest BCUT2D eigenvalue weighted by Gasteiger charge is 2.17. The molecule has 0 atom stereocenters. The molecule has 1 heterocycles. The maximum atomic E-state index is 4.20. The van der Waals surface area contributed by atoms with Crippen LogP contribution in [0.5, 0.6) is 0 Å². The minimum absolute atomic E-state index is 0.799. The van der Waals surface area contributed by atoms with Gasteiger partial charge in [0, 0.05) is 12.4 Å². The molecule has 1 aromatic rings. The van der Waals surface area contributed by atoms with Crippen LogP contribution < -0.4 is 5.32 Å². The first-order chi connectivity index (χ1) is 7.84. The van der Waals surface area contributed by atoms with E-state index in [1.54, 1.807) is 12.4 Å². The summed E-state index contributed by atoms with van der Waals surface area (Å²) in [6.45, 7) is 4.28. The van der Waals surface area contributed by atoms with E-state index in [1.807, 2.05) is 6.07 Å². The molecule has 1 aromatic heterocycles. The molecule has 0 aromatic carbocycles. The first kappa shape index (κ1) is 11.5. The zero-order chi connectivity index (χ0) is 11.2. The molecular weight excluding hydrogens is 198 g/mol. The Balaban J connectivity index is 1.65. The summed E-state index contributed by atoms with van der Waals surface area (Å²) in [5.41, 5.74) is 0. The molecule has 1 aliphatic rings. The fourth-order valence-electron chi connectivity index (χ4n) is 2.34. The molecule has 2 rings (SSSR count). The fraction of sp³-hybridized carbons (Fsp3) is 0.692. The van der Waals surface area contributed by atoms with E-state index in [9.17, 15) is 0 Å². The first-order valence-corrected chi connectivity index (χ1v) is 6.31. The van der Waals surface area contributed by atoms with Crippen molar-refractivity contribution in [2.24, 2.45) is 11.8 Å². The monoisotopic (exact) mass is 219 g/mol. The van der Waals surface area contributed by atoms with Gasteiger partial charge in [-0.15, -0.1) is 0 Å². The van der Waals surface area contributed by atoms with Gasteiger partial charge in [0.1, 0.15) is 5.82 Å². The van der Waals surface area contributed by atoms with Crippen LogP contribution in [0.2, 0.25) is 0 Å². The molecule has 0 aliphatic heterocycles. The molecule has 0 amide bonds. The van der Waals surface area contributed by atoms with Gasteiger partial charge in [0.25, 0.3) is 0 Å². The Morgan fingerprint density at radius 2 is 1.88 bits per heavy atom. The van der Waals surface area contributed by atoms with Crippen molar-refractivity contribution < 1.29 is 0 Å². The lowest BCUT2D eigenvalue weighted by Crippen LogP contribution is -2.26. The Bertz CT molecular complexity index is 291. The Morgan fingerprint density at radius 3 is 2.56 bits per heavy atom. The van der Waals surface area contributed by atoms with Crippen molar-refractivity contribution in [3.8, 4) is 0 Å². The van der Waals surface area contributed by atoms with Crippen molar-refractivity contribution >= 4 is 0 Å². The highest BCUT2D eigenvalue weighted by molar-refractivity contribution is 4.88. The third-order valence-corrected chi connectivity index (χ3v) is 3.47. The Morgan fingerprint density at radius 1 is 1.19 bits per heavy atom. The van der Waals surface area contributed by atoms with Crippen LogP contribution >= 0.6 is 0 Å². The molecule has 1 N–H and O–H groups in total. The fourth-order valence-corrected chi connectivity index (χ4v) is 2.34. The van der Waals surface area contributed by atoms with Crippen molar-refractivity contribution in [2.45, 2.75) is 39.2 Å². The van der Waals surface area contributed by atoms with Crippen molar-refractivity contribution in [3.05, 3.63) is 24.3 Å². The topological polar surface area (TPSA) is 37.8 Å². The summed E-state index contributed by atoms with van der Waals surface area (Å²) in [7, 11) is 0. The molecule has 88 valence electrons. The van der Waals surface area contributed by atoms with Crippen LogP contribution in [0.1, 0.15) is 38.4 Å². The second-order valence-electron chi connectivity index (χ2n) is 4.92. The Kier molecular flexibility index (Phi) is 4.28. The van der Waals surface area contributed by atoms with E-state index in [1.165, 1.54) is 25.7 Å². The second-order valence-corrected chi connectivity index (χ2v) is 4.92. The summed E-state index contributed by atoms with van der Waals surface area (Å²) in [4.78, 5) is 8.40. The van der Waals surface area contributed by atoms with E-state index in [4.69, 9.17) is 0 Å². The number of aromatic nitrogens is 2. The van der Waals surface area contributed by atoms with Gasteiger partial charge in [0.2, 0.25) is 0 Å². The standard InChI is InChI=1S/C13H21N3/c1-11-3-5-12(6-4-11)9-14-10-13-15-7-2-8-16-13/h2,7-8,11-12,14H,3-6,9-10H2,1H3. The summed E-state index contributed by atoms with van der Waals surface area (Å²) in [5.74, 6) is 2.69. The van der Waals surface area contributed by atoms with Crippen LogP contribution in [0.3, 0.4) is 0 Å². The van der Waals surface area contributed by atoms with E-state index in [0.717, 1.165) is 30.7 Å². The predicted octanol–water partition coefficient (Wildman–Crippen LogP) is 2.39. The van der Waals surface area contributed by atoms with Gasteiger partial charge in [-0.2, -0.15) is 0 Å². The van der Waals surface area contributed by atoms with Crippen LogP contribution in [0, 0.1) is 11.8 Å². The van der Waals surface area contributed by atoms with Gasteiger partial charge in [-0.3, -0.25) is 0 Å². The molecule has 1 aliphatic carbocycles. The van der Waals surface area contributed by atoms with Crippen molar-refractivity contribution in [2.75, 3.05) is 6.54 Å². The quantitative estimate of drug-likeness (QED) is 0.845. The minimum atomic E-state index is 0.799. The molecule has 0 bridgehead atoms. The van der Waals surface area contributed by atoms with E-state index in [2.05, 4.69) is 22.2 Å². The van der Waals surface area contributed by atoms with Crippen LogP contribution in [-0.2, 0) is 6.54 Å². The molecular formula is C13H21N3. The highest BCUT2D eigenvalue weighted by atomic mass is 15.0. The molecule has 16 heavy (non-hydrogen) atoms. The lowest BCUT2D eigenvalue weighted by atomic mass is 9.83. The number of nitrogens with zero attached hydrogens (tertiary/aromatic N) is 2. The predicted molar refractivity (Wildman–Crippen MR) is 64.9 cm³/mol. The smallest absolute Gasteiger partial charge is 0.141 e. The average molecular weight is 219 g/mol. The first-order valence-electron chi connectivity index (χ1n) is 6.31. The van der Waals surface area contributed by atoms with Crippen LogP contribution in [0.4, 0.5) is 0 Å². The van der Waals surface area contributed by atoms with Crippen molar-refractivity contribution in [3.63, 3.8) is 0 Å². The zero-order valence-corrected chi connectivity index (χ0v) is 10.0. The van der Waals surface area contributed by atoms with Gasteiger partial charge >= 0.3 is 0 Å². The summed E-state index contributed by atoms with van der Waals surface area (Å²) in [6, 6.07) is 1.85. The maximum absolute atomic E-state index is 4.20. The van der Waals surface area contributed by atoms with Crippen LogP contribution in [0.15, 0.2) is 18.5 Å². The molecule has 1 saturated carbocycles. The van der Waals surface area contributed by atoms with Gasteiger partial charge in [-0.1, -0.05) is 19.8 Å². The number of hydrogen-bond donors (Lipinski definition) is 1. The molecule has 1 fully saturated rings. The number of rotatable bonds is 4. The van der Waals surface area contributed by atoms with Gasteiger partial charge in [0.05, 0.1) is 6.54 Å². The summed E-state index contributed by atoms with van der Waals surface area (Å²) in [6.07, 6.45) is 9.15. The zero-order valence-electron chi connectivity index (χ0n) is 10.0.